The zero-order valence-corrected chi connectivity index (χ0v) is 11.1. The van der Waals surface area contributed by atoms with Crippen LogP contribution >= 0.6 is 22.7 Å². The highest BCUT2D eigenvalue weighted by Crippen LogP contribution is 2.17. The minimum Gasteiger partial charge on any atom is -0.311 e. The first-order chi connectivity index (χ1) is 7.77. The fourth-order valence-electron chi connectivity index (χ4n) is 1.46. The average Bonchev–Trinajstić information content (AvgIpc) is 2.90. The van der Waals surface area contributed by atoms with Crippen LogP contribution in [0.15, 0.2) is 17.1 Å². The number of aryl methyl sites for hydroxylation is 1. The van der Waals surface area contributed by atoms with Crippen molar-refractivity contribution in [1.29, 1.82) is 0 Å². The third kappa shape index (κ3) is 2.87. The third-order valence-corrected chi connectivity index (χ3v) is 4.40. The van der Waals surface area contributed by atoms with Gasteiger partial charge in [0.2, 0.25) is 0 Å². The molecule has 0 radical (unpaired) electrons. The average molecular weight is 253 g/mol. The summed E-state index contributed by atoms with van der Waals surface area (Å²) in [6.45, 7) is 6.13. The van der Waals surface area contributed by atoms with E-state index in [4.69, 9.17) is 0 Å². The first kappa shape index (κ1) is 11.7. The van der Waals surface area contributed by atoms with Gasteiger partial charge in [-0.15, -0.1) is 22.7 Å². The Bertz CT molecular complexity index is 422. The number of aromatic nitrogens is 2. The molecular formula is C11H15N3S2. The van der Waals surface area contributed by atoms with Crippen molar-refractivity contribution >= 4 is 22.7 Å². The lowest BCUT2D eigenvalue weighted by atomic mass is 10.2. The van der Waals surface area contributed by atoms with E-state index >= 15 is 0 Å². The van der Waals surface area contributed by atoms with Gasteiger partial charge in [-0.2, -0.15) is 0 Å². The second-order valence-corrected chi connectivity index (χ2v) is 5.63. The van der Waals surface area contributed by atoms with Crippen LogP contribution in [0.3, 0.4) is 0 Å². The van der Waals surface area contributed by atoms with Crippen molar-refractivity contribution in [2.24, 2.45) is 0 Å². The molecule has 1 unspecified atom stereocenters. The van der Waals surface area contributed by atoms with Crippen LogP contribution in [0.2, 0.25) is 0 Å². The lowest BCUT2D eigenvalue weighted by molar-refractivity contribution is 0.615. The minimum absolute atomic E-state index is 0.480. The van der Waals surface area contributed by atoms with E-state index in [0.29, 0.717) is 5.92 Å². The molecule has 0 bridgehead atoms. The van der Waals surface area contributed by atoms with E-state index < -0.39 is 0 Å². The van der Waals surface area contributed by atoms with Crippen molar-refractivity contribution in [2.75, 3.05) is 6.54 Å². The van der Waals surface area contributed by atoms with Gasteiger partial charge < -0.3 is 5.32 Å². The summed E-state index contributed by atoms with van der Waals surface area (Å²) in [7, 11) is 0. The standard InChI is InChI=1S/C11H15N3S2/c1-8(11-13-3-4-15-11)5-12-6-10-9(2)14-7-16-10/h3-4,7-8,12H,5-6H2,1-2H3. The molecule has 0 saturated carbocycles. The number of nitrogens with zero attached hydrogens (tertiary/aromatic N) is 2. The van der Waals surface area contributed by atoms with Crippen LogP contribution in [0.4, 0.5) is 0 Å². The summed E-state index contributed by atoms with van der Waals surface area (Å²) in [6, 6.07) is 0. The van der Waals surface area contributed by atoms with Gasteiger partial charge in [-0.25, -0.2) is 9.97 Å². The largest absolute Gasteiger partial charge is 0.311 e. The Morgan fingerprint density at radius 3 is 2.88 bits per heavy atom. The molecule has 0 aliphatic rings. The van der Waals surface area contributed by atoms with E-state index in [0.717, 1.165) is 18.8 Å². The third-order valence-electron chi connectivity index (χ3n) is 2.45. The van der Waals surface area contributed by atoms with Gasteiger partial charge in [-0.3, -0.25) is 0 Å². The second-order valence-electron chi connectivity index (χ2n) is 3.76. The molecule has 0 amide bonds. The summed E-state index contributed by atoms with van der Waals surface area (Å²) in [6.07, 6.45) is 1.86. The van der Waals surface area contributed by atoms with Crippen molar-refractivity contribution in [3.8, 4) is 0 Å². The first-order valence-electron chi connectivity index (χ1n) is 5.26. The van der Waals surface area contributed by atoms with Gasteiger partial charge in [-0.1, -0.05) is 6.92 Å². The zero-order valence-electron chi connectivity index (χ0n) is 9.43. The lowest BCUT2D eigenvalue weighted by Gasteiger charge is -2.09. The van der Waals surface area contributed by atoms with E-state index in [1.807, 2.05) is 17.1 Å². The Labute approximate surface area is 104 Å². The maximum Gasteiger partial charge on any atom is 0.0965 e. The van der Waals surface area contributed by atoms with Crippen molar-refractivity contribution in [1.82, 2.24) is 15.3 Å². The number of rotatable bonds is 5. The molecule has 1 N–H and O–H groups in total. The number of hydrogen-bond acceptors (Lipinski definition) is 5. The van der Waals surface area contributed by atoms with Crippen molar-refractivity contribution in [3.05, 3.63) is 32.7 Å². The molecule has 0 aliphatic carbocycles. The number of nitrogens with one attached hydrogen (secondary N) is 1. The monoisotopic (exact) mass is 253 g/mol. The molecule has 16 heavy (non-hydrogen) atoms. The van der Waals surface area contributed by atoms with E-state index in [1.165, 1.54) is 9.88 Å². The molecule has 86 valence electrons. The summed E-state index contributed by atoms with van der Waals surface area (Å²) in [4.78, 5) is 9.88. The fraction of sp³-hybridized carbons (Fsp3) is 0.455. The highest BCUT2D eigenvalue weighted by atomic mass is 32.1. The number of hydrogen-bond donors (Lipinski definition) is 1. The van der Waals surface area contributed by atoms with Crippen LogP contribution in [0.5, 0.6) is 0 Å². The molecule has 0 spiro atoms. The smallest absolute Gasteiger partial charge is 0.0965 e. The molecule has 2 heterocycles. The molecule has 2 aromatic heterocycles. The molecule has 0 aromatic carbocycles. The van der Waals surface area contributed by atoms with Gasteiger partial charge in [0.25, 0.3) is 0 Å². The van der Waals surface area contributed by atoms with Crippen LogP contribution in [0.1, 0.15) is 28.4 Å². The van der Waals surface area contributed by atoms with Crippen molar-refractivity contribution < 1.29 is 0 Å². The first-order valence-corrected chi connectivity index (χ1v) is 7.02. The molecule has 1 atom stereocenters. The molecule has 5 heteroatoms. The van der Waals surface area contributed by atoms with Crippen LogP contribution < -0.4 is 5.32 Å². The number of thiazole rings is 2. The summed E-state index contributed by atoms with van der Waals surface area (Å²) >= 11 is 3.43. The molecule has 0 fully saturated rings. The Kier molecular flexibility index (Phi) is 4.04. The van der Waals surface area contributed by atoms with Crippen LogP contribution in [0, 0.1) is 6.92 Å². The van der Waals surface area contributed by atoms with E-state index in [-0.39, 0.29) is 0 Å². The van der Waals surface area contributed by atoms with Gasteiger partial charge in [0.15, 0.2) is 0 Å². The minimum atomic E-state index is 0.480. The second kappa shape index (κ2) is 5.52. The summed E-state index contributed by atoms with van der Waals surface area (Å²) in [5, 5.41) is 6.68. The van der Waals surface area contributed by atoms with Crippen LogP contribution in [-0.4, -0.2) is 16.5 Å². The van der Waals surface area contributed by atoms with Gasteiger partial charge >= 0.3 is 0 Å². The highest BCUT2D eigenvalue weighted by molar-refractivity contribution is 7.09. The molecular weight excluding hydrogens is 238 g/mol. The van der Waals surface area contributed by atoms with Crippen LogP contribution in [-0.2, 0) is 6.54 Å². The fourth-order valence-corrected chi connectivity index (χ4v) is 2.91. The topological polar surface area (TPSA) is 37.8 Å². The normalized spacial score (nSPS) is 12.9. The summed E-state index contributed by atoms with van der Waals surface area (Å²) < 4.78 is 0. The van der Waals surface area contributed by atoms with E-state index in [1.54, 1.807) is 22.7 Å². The predicted molar refractivity (Wildman–Crippen MR) is 69.1 cm³/mol. The quantitative estimate of drug-likeness (QED) is 0.890. The Morgan fingerprint density at radius 2 is 2.25 bits per heavy atom. The van der Waals surface area contributed by atoms with E-state index in [2.05, 4.69) is 29.1 Å². The Hall–Kier alpha value is -0.780. The lowest BCUT2D eigenvalue weighted by Crippen LogP contribution is -2.19. The SMILES string of the molecule is Cc1ncsc1CNCC(C)c1nccs1. The summed E-state index contributed by atoms with van der Waals surface area (Å²) in [5.41, 5.74) is 3.04. The highest BCUT2D eigenvalue weighted by Gasteiger charge is 2.08. The predicted octanol–water partition coefficient (Wildman–Crippen LogP) is 2.80. The maximum absolute atomic E-state index is 4.32. The van der Waals surface area contributed by atoms with Gasteiger partial charge in [0.1, 0.15) is 0 Å². The van der Waals surface area contributed by atoms with Crippen molar-refractivity contribution in [2.45, 2.75) is 26.3 Å². The molecule has 3 nitrogen and oxygen atoms in total. The molecule has 0 saturated heterocycles. The maximum atomic E-state index is 4.32. The molecule has 2 aromatic rings. The zero-order chi connectivity index (χ0) is 11.4. The van der Waals surface area contributed by atoms with Gasteiger partial charge in [-0.05, 0) is 6.92 Å². The van der Waals surface area contributed by atoms with E-state index in [9.17, 15) is 0 Å². The van der Waals surface area contributed by atoms with Gasteiger partial charge in [0.05, 0.1) is 16.2 Å². The van der Waals surface area contributed by atoms with Crippen molar-refractivity contribution in [3.63, 3.8) is 0 Å². The Balaban J connectivity index is 1.78. The summed E-state index contributed by atoms with van der Waals surface area (Å²) in [5.74, 6) is 0.480. The molecule has 2 rings (SSSR count). The van der Waals surface area contributed by atoms with Crippen LogP contribution in [0.25, 0.3) is 0 Å². The molecule has 0 aliphatic heterocycles. The Morgan fingerprint density at radius 1 is 1.38 bits per heavy atom. The van der Waals surface area contributed by atoms with Gasteiger partial charge in [0, 0.05) is 35.5 Å².